The number of hydrogen-bond acceptors (Lipinski definition) is 2. The number of aromatic nitrogens is 1. The molecule has 1 heterocycles. The lowest BCUT2D eigenvalue weighted by Crippen LogP contribution is -2.14. The van der Waals surface area contributed by atoms with Crippen LogP contribution >= 0.6 is 0 Å². The first-order valence-corrected chi connectivity index (χ1v) is 6.05. The highest BCUT2D eigenvalue weighted by atomic mass is 14.9. The molecule has 1 aliphatic carbocycles. The Balaban J connectivity index is 1.66. The molecule has 1 aliphatic rings. The van der Waals surface area contributed by atoms with Crippen LogP contribution in [0.25, 0.3) is 0 Å². The molecule has 0 spiro atoms. The second-order valence-electron chi connectivity index (χ2n) is 4.72. The van der Waals surface area contributed by atoms with Gasteiger partial charge in [-0.15, -0.1) is 0 Å². The summed E-state index contributed by atoms with van der Waals surface area (Å²) in [5.41, 5.74) is 1.93. The van der Waals surface area contributed by atoms with Crippen molar-refractivity contribution in [2.75, 3.05) is 6.54 Å². The molecule has 3 heteroatoms. The van der Waals surface area contributed by atoms with Crippen molar-refractivity contribution >= 4 is 0 Å². The summed E-state index contributed by atoms with van der Waals surface area (Å²) in [6.07, 6.45) is 7.58. The zero-order chi connectivity index (χ0) is 11.4. The van der Waals surface area contributed by atoms with Crippen molar-refractivity contribution in [3.8, 4) is 6.07 Å². The quantitative estimate of drug-likeness (QED) is 0.742. The third-order valence-corrected chi connectivity index (χ3v) is 3.17. The minimum absolute atomic E-state index is 0.731. The minimum Gasteiger partial charge on any atom is -0.342 e. The molecule has 86 valence electrons. The van der Waals surface area contributed by atoms with Gasteiger partial charge in [0.05, 0.1) is 0 Å². The lowest BCUT2D eigenvalue weighted by molar-refractivity contribution is 0.593. The Bertz CT molecular complexity index is 382. The molecule has 2 rings (SSSR count). The molecule has 1 N–H and O–H groups in total. The number of aryl methyl sites for hydroxylation is 1. The van der Waals surface area contributed by atoms with E-state index >= 15 is 0 Å². The van der Waals surface area contributed by atoms with Gasteiger partial charge >= 0.3 is 0 Å². The number of rotatable bonds is 6. The summed E-state index contributed by atoms with van der Waals surface area (Å²) in [5, 5.41) is 12.2. The topological polar surface area (TPSA) is 40.8 Å². The Hall–Kier alpha value is -1.27. The first-order chi connectivity index (χ1) is 7.79. The highest BCUT2D eigenvalue weighted by Crippen LogP contribution is 2.33. The van der Waals surface area contributed by atoms with Crippen molar-refractivity contribution < 1.29 is 0 Å². The highest BCUT2D eigenvalue weighted by Gasteiger charge is 2.19. The molecule has 1 saturated carbocycles. The summed E-state index contributed by atoms with van der Waals surface area (Å²) in [7, 11) is 1.91. The van der Waals surface area contributed by atoms with E-state index in [1.165, 1.54) is 31.2 Å². The molecule has 1 fully saturated rings. The van der Waals surface area contributed by atoms with Gasteiger partial charge < -0.3 is 9.88 Å². The summed E-state index contributed by atoms with van der Waals surface area (Å²) in [5.74, 6) is 1.03. The van der Waals surface area contributed by atoms with Crippen molar-refractivity contribution in [3.05, 3.63) is 23.5 Å². The SMILES string of the molecule is Cn1cc(CNCCCC2CC2)cc1C#N. The van der Waals surface area contributed by atoms with Crippen LogP contribution in [-0.4, -0.2) is 11.1 Å². The monoisotopic (exact) mass is 217 g/mol. The summed E-state index contributed by atoms with van der Waals surface area (Å²) in [6.45, 7) is 1.97. The smallest absolute Gasteiger partial charge is 0.120 e. The molecule has 0 unspecified atom stereocenters. The average molecular weight is 217 g/mol. The van der Waals surface area contributed by atoms with E-state index in [0.717, 1.165) is 24.7 Å². The van der Waals surface area contributed by atoms with E-state index in [0.29, 0.717) is 0 Å². The van der Waals surface area contributed by atoms with Crippen molar-refractivity contribution in [2.24, 2.45) is 13.0 Å². The van der Waals surface area contributed by atoms with Crippen LogP contribution in [0.5, 0.6) is 0 Å². The van der Waals surface area contributed by atoms with Crippen LogP contribution in [0.2, 0.25) is 0 Å². The Labute approximate surface area is 97.1 Å². The van der Waals surface area contributed by atoms with Gasteiger partial charge in [-0.2, -0.15) is 5.26 Å². The van der Waals surface area contributed by atoms with E-state index in [9.17, 15) is 0 Å². The van der Waals surface area contributed by atoms with Gasteiger partial charge in [0, 0.05) is 19.8 Å². The number of hydrogen-bond donors (Lipinski definition) is 1. The lowest BCUT2D eigenvalue weighted by Gasteiger charge is -2.02. The van der Waals surface area contributed by atoms with Crippen LogP contribution in [0.4, 0.5) is 0 Å². The fraction of sp³-hybridized carbons (Fsp3) is 0.615. The Morgan fingerprint density at radius 1 is 1.56 bits per heavy atom. The highest BCUT2D eigenvalue weighted by molar-refractivity contribution is 5.28. The predicted molar refractivity (Wildman–Crippen MR) is 63.8 cm³/mol. The first-order valence-electron chi connectivity index (χ1n) is 6.05. The van der Waals surface area contributed by atoms with Crippen molar-refractivity contribution in [2.45, 2.75) is 32.2 Å². The van der Waals surface area contributed by atoms with Crippen LogP contribution in [0, 0.1) is 17.2 Å². The largest absolute Gasteiger partial charge is 0.342 e. The molecule has 0 bridgehead atoms. The fourth-order valence-electron chi connectivity index (χ4n) is 2.00. The maximum atomic E-state index is 8.82. The molecule has 0 amide bonds. The molecule has 1 aromatic heterocycles. The molecule has 0 radical (unpaired) electrons. The summed E-state index contributed by atoms with van der Waals surface area (Å²) >= 11 is 0. The zero-order valence-electron chi connectivity index (χ0n) is 9.87. The van der Waals surface area contributed by atoms with E-state index in [-0.39, 0.29) is 0 Å². The maximum Gasteiger partial charge on any atom is 0.120 e. The predicted octanol–water partition coefficient (Wildman–Crippen LogP) is 2.18. The zero-order valence-corrected chi connectivity index (χ0v) is 9.87. The summed E-state index contributed by atoms with van der Waals surface area (Å²) < 4.78 is 1.88. The van der Waals surface area contributed by atoms with Crippen molar-refractivity contribution in [3.63, 3.8) is 0 Å². The molecular formula is C13H19N3. The molecule has 1 aromatic rings. The lowest BCUT2D eigenvalue weighted by atomic mass is 10.2. The van der Waals surface area contributed by atoms with Crippen LogP contribution < -0.4 is 5.32 Å². The van der Waals surface area contributed by atoms with E-state index in [1.54, 1.807) is 0 Å². The van der Waals surface area contributed by atoms with Crippen molar-refractivity contribution in [1.29, 1.82) is 5.26 Å². The van der Waals surface area contributed by atoms with Gasteiger partial charge in [0.1, 0.15) is 11.8 Å². The molecule has 0 aliphatic heterocycles. The Morgan fingerprint density at radius 3 is 3.00 bits per heavy atom. The fourth-order valence-corrected chi connectivity index (χ4v) is 2.00. The van der Waals surface area contributed by atoms with E-state index in [1.807, 2.05) is 23.9 Å². The third-order valence-electron chi connectivity index (χ3n) is 3.17. The standard InChI is InChI=1S/C13H19N3/c1-16-10-12(7-13(16)8-14)9-15-6-2-3-11-4-5-11/h7,10-11,15H,2-6,9H2,1H3. The maximum absolute atomic E-state index is 8.82. The molecular weight excluding hydrogens is 198 g/mol. The van der Waals surface area contributed by atoms with Crippen molar-refractivity contribution in [1.82, 2.24) is 9.88 Å². The van der Waals surface area contributed by atoms with Gasteiger partial charge in [0.2, 0.25) is 0 Å². The molecule has 0 aromatic carbocycles. The van der Waals surface area contributed by atoms with E-state index in [4.69, 9.17) is 5.26 Å². The Morgan fingerprint density at radius 2 is 2.38 bits per heavy atom. The number of nitrogens with zero attached hydrogens (tertiary/aromatic N) is 2. The summed E-state index contributed by atoms with van der Waals surface area (Å²) in [4.78, 5) is 0. The molecule has 16 heavy (non-hydrogen) atoms. The first kappa shape index (κ1) is 11.2. The van der Waals surface area contributed by atoms with Crippen LogP contribution in [0.1, 0.15) is 36.9 Å². The number of nitriles is 1. The second-order valence-corrected chi connectivity index (χ2v) is 4.72. The van der Waals surface area contributed by atoms with Gasteiger partial charge in [0.25, 0.3) is 0 Å². The molecule has 0 atom stereocenters. The van der Waals surface area contributed by atoms with Crippen LogP contribution in [-0.2, 0) is 13.6 Å². The summed E-state index contributed by atoms with van der Waals surface area (Å²) in [6, 6.07) is 4.13. The minimum atomic E-state index is 0.731. The average Bonchev–Trinajstić information content (AvgIpc) is 3.02. The Kier molecular flexibility index (Phi) is 3.63. The third kappa shape index (κ3) is 3.11. The van der Waals surface area contributed by atoms with E-state index < -0.39 is 0 Å². The molecule has 3 nitrogen and oxygen atoms in total. The van der Waals surface area contributed by atoms with Crippen LogP contribution in [0.15, 0.2) is 12.3 Å². The van der Waals surface area contributed by atoms with Gasteiger partial charge in [-0.05, 0) is 36.9 Å². The number of nitrogens with one attached hydrogen (secondary N) is 1. The van der Waals surface area contributed by atoms with Gasteiger partial charge in [-0.25, -0.2) is 0 Å². The van der Waals surface area contributed by atoms with Gasteiger partial charge in [-0.1, -0.05) is 12.8 Å². The van der Waals surface area contributed by atoms with Gasteiger partial charge in [-0.3, -0.25) is 0 Å². The normalized spacial score (nSPS) is 15.0. The molecule has 0 saturated heterocycles. The second kappa shape index (κ2) is 5.18. The van der Waals surface area contributed by atoms with Gasteiger partial charge in [0.15, 0.2) is 0 Å². The van der Waals surface area contributed by atoms with E-state index in [2.05, 4.69) is 11.4 Å². The van der Waals surface area contributed by atoms with Crippen LogP contribution in [0.3, 0.4) is 0 Å².